The van der Waals surface area contributed by atoms with Crippen LogP contribution in [-0.4, -0.2) is 30.3 Å². The lowest BCUT2D eigenvalue weighted by atomic mass is 9.72. The minimum Gasteiger partial charge on any atom is -0.480 e. The molecule has 4 nitrogen and oxygen atoms in total. The van der Waals surface area contributed by atoms with Gasteiger partial charge >= 0.3 is 5.97 Å². The Labute approximate surface area is 96.0 Å². The molecule has 0 spiro atoms. The first-order valence-electron chi connectivity index (χ1n) is 4.99. The Balaban J connectivity index is 2.41. The standard InChI is InChI=1S/C11H11F2NO3/c12-7-2-1-6(3-8(7)13)11(4-17-5-11)9(14)10(15)16/h1-3,9H,4-5,14H2,(H,15,16). The van der Waals surface area contributed by atoms with Crippen molar-refractivity contribution in [1.29, 1.82) is 0 Å². The van der Waals surface area contributed by atoms with Crippen LogP contribution in [0.2, 0.25) is 0 Å². The van der Waals surface area contributed by atoms with E-state index in [1.54, 1.807) is 0 Å². The van der Waals surface area contributed by atoms with Gasteiger partial charge in [-0.1, -0.05) is 6.07 Å². The highest BCUT2D eigenvalue weighted by Crippen LogP contribution is 2.35. The van der Waals surface area contributed by atoms with Gasteiger partial charge in [-0.25, -0.2) is 8.78 Å². The van der Waals surface area contributed by atoms with Crippen molar-refractivity contribution in [2.45, 2.75) is 11.5 Å². The third-order valence-corrected chi connectivity index (χ3v) is 3.08. The number of hydrogen-bond donors (Lipinski definition) is 2. The largest absolute Gasteiger partial charge is 0.480 e. The maximum atomic E-state index is 13.1. The van der Waals surface area contributed by atoms with Crippen LogP contribution in [0.3, 0.4) is 0 Å². The molecule has 6 heteroatoms. The normalized spacial score (nSPS) is 19.5. The van der Waals surface area contributed by atoms with Crippen molar-refractivity contribution < 1.29 is 23.4 Å². The molecule has 1 aromatic carbocycles. The third kappa shape index (κ3) is 1.79. The van der Waals surface area contributed by atoms with Gasteiger partial charge < -0.3 is 15.6 Å². The van der Waals surface area contributed by atoms with Gasteiger partial charge in [0, 0.05) is 0 Å². The zero-order valence-corrected chi connectivity index (χ0v) is 8.82. The fourth-order valence-electron chi connectivity index (χ4n) is 1.89. The second-order valence-electron chi connectivity index (χ2n) is 4.09. The highest BCUT2D eigenvalue weighted by molar-refractivity contribution is 5.76. The SMILES string of the molecule is NC(C(=O)O)C1(c2ccc(F)c(F)c2)COC1. The molecular formula is C11H11F2NO3. The first-order chi connectivity index (χ1) is 7.97. The number of rotatable bonds is 3. The van der Waals surface area contributed by atoms with Gasteiger partial charge in [0.25, 0.3) is 0 Å². The van der Waals surface area contributed by atoms with Gasteiger partial charge in [-0.2, -0.15) is 0 Å². The highest BCUT2D eigenvalue weighted by atomic mass is 19.2. The Bertz CT molecular complexity index is 460. The summed E-state index contributed by atoms with van der Waals surface area (Å²) in [7, 11) is 0. The van der Waals surface area contributed by atoms with E-state index in [0.717, 1.165) is 12.1 Å². The molecule has 3 N–H and O–H groups in total. The molecule has 17 heavy (non-hydrogen) atoms. The van der Waals surface area contributed by atoms with Crippen molar-refractivity contribution in [1.82, 2.24) is 0 Å². The van der Waals surface area contributed by atoms with E-state index in [4.69, 9.17) is 15.6 Å². The lowest BCUT2D eigenvalue weighted by Gasteiger charge is -2.44. The Morgan fingerprint density at radius 3 is 2.47 bits per heavy atom. The van der Waals surface area contributed by atoms with Gasteiger partial charge in [-0.15, -0.1) is 0 Å². The summed E-state index contributed by atoms with van der Waals surface area (Å²) in [5.41, 5.74) is 4.95. The first-order valence-corrected chi connectivity index (χ1v) is 4.99. The van der Waals surface area contributed by atoms with E-state index in [0.29, 0.717) is 5.56 Å². The first kappa shape index (κ1) is 11.9. The van der Waals surface area contributed by atoms with Crippen molar-refractivity contribution in [3.8, 4) is 0 Å². The van der Waals surface area contributed by atoms with Crippen LogP contribution in [0.4, 0.5) is 8.78 Å². The van der Waals surface area contributed by atoms with Gasteiger partial charge in [0.15, 0.2) is 11.6 Å². The van der Waals surface area contributed by atoms with Gasteiger partial charge in [-0.3, -0.25) is 4.79 Å². The van der Waals surface area contributed by atoms with E-state index < -0.39 is 29.1 Å². The smallest absolute Gasteiger partial charge is 0.321 e. The zero-order valence-electron chi connectivity index (χ0n) is 8.82. The quantitative estimate of drug-likeness (QED) is 0.817. The number of ether oxygens (including phenoxy) is 1. The summed E-state index contributed by atoms with van der Waals surface area (Å²) in [4.78, 5) is 10.9. The molecule has 1 aliphatic rings. The predicted molar refractivity (Wildman–Crippen MR) is 54.5 cm³/mol. The predicted octanol–water partition coefficient (Wildman–Crippen LogP) is 0.645. The molecule has 1 heterocycles. The van der Waals surface area contributed by atoms with Gasteiger partial charge in [0.2, 0.25) is 0 Å². The highest BCUT2D eigenvalue weighted by Gasteiger charge is 2.49. The Morgan fingerprint density at radius 1 is 1.41 bits per heavy atom. The Hall–Kier alpha value is -1.53. The molecule has 1 aromatic rings. The van der Waals surface area contributed by atoms with Gasteiger partial charge in [0.1, 0.15) is 6.04 Å². The second kappa shape index (κ2) is 4.05. The minimum atomic E-state index is -1.21. The number of nitrogens with two attached hydrogens (primary N) is 1. The Kier molecular flexibility index (Phi) is 2.84. The maximum absolute atomic E-state index is 13.1. The monoisotopic (exact) mass is 243 g/mol. The molecule has 92 valence electrons. The van der Waals surface area contributed by atoms with Crippen molar-refractivity contribution >= 4 is 5.97 Å². The van der Waals surface area contributed by atoms with Crippen LogP contribution in [-0.2, 0) is 14.9 Å². The molecule has 1 unspecified atom stereocenters. The van der Waals surface area contributed by atoms with Crippen LogP contribution >= 0.6 is 0 Å². The molecule has 1 atom stereocenters. The molecule has 0 amide bonds. The molecule has 0 saturated carbocycles. The van der Waals surface area contributed by atoms with E-state index in [2.05, 4.69) is 0 Å². The van der Waals surface area contributed by atoms with Gasteiger partial charge in [-0.05, 0) is 17.7 Å². The van der Waals surface area contributed by atoms with Crippen molar-refractivity contribution in [3.05, 3.63) is 35.4 Å². The van der Waals surface area contributed by atoms with E-state index >= 15 is 0 Å². The van der Waals surface area contributed by atoms with Crippen LogP contribution < -0.4 is 5.73 Å². The molecule has 0 aromatic heterocycles. The second-order valence-corrected chi connectivity index (χ2v) is 4.09. The van der Waals surface area contributed by atoms with E-state index in [-0.39, 0.29) is 13.2 Å². The van der Waals surface area contributed by atoms with Crippen molar-refractivity contribution in [3.63, 3.8) is 0 Å². The minimum absolute atomic E-state index is 0.0888. The summed E-state index contributed by atoms with van der Waals surface area (Å²) in [5, 5.41) is 8.92. The Morgan fingerprint density at radius 2 is 2.06 bits per heavy atom. The van der Waals surface area contributed by atoms with Crippen LogP contribution in [0.5, 0.6) is 0 Å². The molecule has 2 rings (SSSR count). The number of aliphatic carboxylic acids is 1. The summed E-state index contributed by atoms with van der Waals surface area (Å²) in [6.45, 7) is 0.178. The number of halogens is 2. The summed E-state index contributed by atoms with van der Waals surface area (Å²) >= 11 is 0. The van der Waals surface area contributed by atoms with E-state index in [1.165, 1.54) is 6.07 Å². The van der Waals surface area contributed by atoms with Crippen LogP contribution in [0.15, 0.2) is 18.2 Å². The van der Waals surface area contributed by atoms with Crippen molar-refractivity contribution in [2.24, 2.45) is 5.73 Å². The summed E-state index contributed by atoms with van der Waals surface area (Å²) in [6, 6.07) is 2.06. The number of benzene rings is 1. The summed E-state index contributed by atoms with van der Waals surface area (Å²) in [6.07, 6.45) is 0. The average molecular weight is 243 g/mol. The van der Waals surface area contributed by atoms with Gasteiger partial charge in [0.05, 0.1) is 18.6 Å². The molecule has 1 saturated heterocycles. The molecule has 1 aliphatic heterocycles. The number of hydrogen-bond acceptors (Lipinski definition) is 3. The van der Waals surface area contributed by atoms with Crippen LogP contribution in [0.25, 0.3) is 0 Å². The fourth-order valence-corrected chi connectivity index (χ4v) is 1.89. The fraction of sp³-hybridized carbons (Fsp3) is 0.364. The molecule has 0 radical (unpaired) electrons. The average Bonchev–Trinajstić information content (AvgIpc) is 2.21. The van der Waals surface area contributed by atoms with E-state index in [9.17, 15) is 13.6 Å². The topological polar surface area (TPSA) is 72.6 Å². The van der Waals surface area contributed by atoms with Crippen molar-refractivity contribution in [2.75, 3.05) is 13.2 Å². The lowest BCUT2D eigenvalue weighted by molar-refractivity contribution is -0.148. The lowest BCUT2D eigenvalue weighted by Crippen LogP contribution is -2.61. The molecule has 0 bridgehead atoms. The molecular weight excluding hydrogens is 232 g/mol. The summed E-state index contributed by atoms with van der Waals surface area (Å²) in [5.74, 6) is -3.20. The maximum Gasteiger partial charge on any atom is 0.321 e. The molecule has 0 aliphatic carbocycles. The third-order valence-electron chi connectivity index (χ3n) is 3.08. The number of carbonyl (C=O) groups is 1. The van der Waals surface area contributed by atoms with Crippen LogP contribution in [0.1, 0.15) is 5.56 Å². The zero-order chi connectivity index (χ0) is 12.6. The summed E-state index contributed by atoms with van der Waals surface area (Å²) < 4.78 is 30.9. The van der Waals surface area contributed by atoms with Crippen LogP contribution in [0, 0.1) is 11.6 Å². The number of carboxylic acids is 1. The number of carboxylic acid groups (broad SMARTS) is 1. The van der Waals surface area contributed by atoms with E-state index in [1.807, 2.05) is 0 Å². The molecule has 1 fully saturated rings.